The van der Waals surface area contributed by atoms with Crippen LogP contribution in [0, 0.1) is 5.92 Å². The molecule has 2 aromatic rings. The number of hydrogen-bond acceptors (Lipinski definition) is 4. The van der Waals surface area contributed by atoms with Crippen LogP contribution in [0.1, 0.15) is 41.0 Å². The van der Waals surface area contributed by atoms with Gasteiger partial charge in [-0.3, -0.25) is 4.79 Å². The third-order valence-corrected chi connectivity index (χ3v) is 3.98. The summed E-state index contributed by atoms with van der Waals surface area (Å²) in [5.74, 6) is -0.0363. The fourth-order valence-electron chi connectivity index (χ4n) is 2.74. The van der Waals surface area contributed by atoms with Crippen LogP contribution >= 0.6 is 0 Å². The Morgan fingerprint density at radius 2 is 1.82 bits per heavy atom. The number of nitrogens with zero attached hydrogens (tertiary/aromatic N) is 2. The molecule has 2 amide bonds. The molecule has 152 valence electrons. The molecule has 7 heteroatoms. The third kappa shape index (κ3) is 6.40. The van der Waals surface area contributed by atoms with Gasteiger partial charge in [-0.15, -0.1) is 0 Å². The Morgan fingerprint density at radius 3 is 2.32 bits per heavy atom. The fourth-order valence-corrected chi connectivity index (χ4v) is 2.74. The summed E-state index contributed by atoms with van der Waals surface area (Å²) in [6.45, 7) is 9.36. The normalized spacial score (nSPS) is 12.5. The van der Waals surface area contributed by atoms with E-state index in [1.165, 1.54) is 0 Å². The number of alkyl carbamates (subject to hydrolysis) is 1. The van der Waals surface area contributed by atoms with E-state index in [0.29, 0.717) is 12.1 Å². The first-order chi connectivity index (χ1) is 13.0. The van der Waals surface area contributed by atoms with Crippen LogP contribution in [0.25, 0.3) is 11.3 Å². The summed E-state index contributed by atoms with van der Waals surface area (Å²) in [4.78, 5) is 28.9. The average molecular weight is 386 g/mol. The number of aromatic nitrogens is 2. The zero-order valence-electron chi connectivity index (χ0n) is 17.4. The number of anilines is 1. The maximum Gasteiger partial charge on any atom is 0.408 e. The molecule has 1 atom stereocenters. The summed E-state index contributed by atoms with van der Waals surface area (Å²) in [5.41, 5.74) is 2.03. The molecule has 0 saturated heterocycles. The van der Waals surface area contributed by atoms with Crippen LogP contribution in [-0.4, -0.2) is 33.2 Å². The molecule has 7 nitrogen and oxygen atoms in total. The van der Waals surface area contributed by atoms with Gasteiger partial charge in [-0.2, -0.15) is 0 Å². The number of carbonyl (C=O) groups is 2. The summed E-state index contributed by atoms with van der Waals surface area (Å²) in [6, 6.07) is 6.84. The molecule has 0 aliphatic heterocycles. The standard InChI is InChI=1S/C21H30N4O3/c1-14(2)11-17(24-20(27)28-21(3,4)5)19(26)23-16-9-7-15(8-10-16)18-12-22-13-25(18)6/h7-10,12-14,17H,11H2,1-6H3,(H,23,26)(H,24,27)/t17-/m0/s1. The highest BCUT2D eigenvalue weighted by Crippen LogP contribution is 2.21. The molecule has 0 fully saturated rings. The number of rotatable bonds is 6. The second kappa shape index (κ2) is 8.91. The lowest BCUT2D eigenvalue weighted by Gasteiger charge is -2.24. The van der Waals surface area contributed by atoms with Gasteiger partial charge in [-0.05, 0) is 50.8 Å². The molecular formula is C21H30N4O3. The second-order valence-corrected chi connectivity index (χ2v) is 8.28. The summed E-state index contributed by atoms with van der Waals surface area (Å²) in [7, 11) is 1.93. The third-order valence-electron chi connectivity index (χ3n) is 3.98. The highest BCUT2D eigenvalue weighted by molar-refractivity contribution is 5.96. The smallest absolute Gasteiger partial charge is 0.408 e. The van der Waals surface area contributed by atoms with Crippen molar-refractivity contribution in [1.82, 2.24) is 14.9 Å². The van der Waals surface area contributed by atoms with Gasteiger partial charge in [0.05, 0.1) is 18.2 Å². The minimum atomic E-state index is -0.674. The SMILES string of the molecule is CC(C)C[C@H](NC(=O)OC(C)(C)C)C(=O)Nc1ccc(-c2cncn2C)cc1. The Labute approximate surface area is 166 Å². The van der Waals surface area contributed by atoms with Crippen molar-refractivity contribution in [2.45, 2.75) is 52.7 Å². The number of ether oxygens (including phenoxy) is 1. The predicted octanol–water partition coefficient (Wildman–Crippen LogP) is 3.97. The number of carbonyl (C=O) groups excluding carboxylic acids is 2. The largest absolute Gasteiger partial charge is 0.444 e. The van der Waals surface area contributed by atoms with E-state index < -0.39 is 17.7 Å². The van der Waals surface area contributed by atoms with Gasteiger partial charge < -0.3 is 19.9 Å². The zero-order valence-corrected chi connectivity index (χ0v) is 17.4. The van der Waals surface area contributed by atoms with E-state index in [-0.39, 0.29) is 11.8 Å². The molecule has 0 aliphatic rings. The summed E-state index contributed by atoms with van der Waals surface area (Å²) >= 11 is 0. The molecule has 2 rings (SSSR count). The lowest BCUT2D eigenvalue weighted by Crippen LogP contribution is -2.46. The van der Waals surface area contributed by atoms with Gasteiger partial charge >= 0.3 is 6.09 Å². The molecule has 0 saturated carbocycles. The van der Waals surface area contributed by atoms with Crippen LogP contribution in [0.15, 0.2) is 36.8 Å². The van der Waals surface area contributed by atoms with E-state index in [0.717, 1.165) is 11.3 Å². The first-order valence-corrected chi connectivity index (χ1v) is 9.42. The van der Waals surface area contributed by atoms with Crippen molar-refractivity contribution in [2.75, 3.05) is 5.32 Å². The fraction of sp³-hybridized carbons (Fsp3) is 0.476. The van der Waals surface area contributed by atoms with Gasteiger partial charge in [-0.25, -0.2) is 9.78 Å². The van der Waals surface area contributed by atoms with Gasteiger partial charge in [0.1, 0.15) is 11.6 Å². The van der Waals surface area contributed by atoms with Crippen LogP contribution in [0.2, 0.25) is 0 Å². The Bertz CT molecular complexity index is 804. The first kappa shape index (κ1) is 21.5. The summed E-state index contributed by atoms with van der Waals surface area (Å²) in [5, 5.41) is 5.55. The minimum Gasteiger partial charge on any atom is -0.444 e. The van der Waals surface area contributed by atoms with Crippen molar-refractivity contribution in [3.8, 4) is 11.3 Å². The average Bonchev–Trinajstić information content (AvgIpc) is 2.99. The van der Waals surface area contributed by atoms with Crippen LogP contribution < -0.4 is 10.6 Å². The maximum absolute atomic E-state index is 12.7. The number of benzene rings is 1. The predicted molar refractivity (Wildman–Crippen MR) is 110 cm³/mol. The van der Waals surface area contributed by atoms with Crippen LogP contribution in [0.4, 0.5) is 10.5 Å². The zero-order chi connectivity index (χ0) is 20.9. The van der Waals surface area contributed by atoms with E-state index in [9.17, 15) is 9.59 Å². The molecule has 1 aromatic carbocycles. The van der Waals surface area contributed by atoms with Crippen molar-refractivity contribution < 1.29 is 14.3 Å². The molecule has 0 spiro atoms. The van der Waals surface area contributed by atoms with E-state index in [1.54, 1.807) is 33.3 Å². The van der Waals surface area contributed by atoms with E-state index in [1.807, 2.05) is 49.7 Å². The summed E-state index contributed by atoms with van der Waals surface area (Å²) < 4.78 is 7.21. The molecule has 0 aliphatic carbocycles. The minimum absolute atomic E-state index is 0.234. The van der Waals surface area contributed by atoms with Gasteiger partial charge in [-0.1, -0.05) is 26.0 Å². The maximum atomic E-state index is 12.7. The van der Waals surface area contributed by atoms with Crippen LogP contribution in [0.5, 0.6) is 0 Å². The molecule has 0 radical (unpaired) electrons. The second-order valence-electron chi connectivity index (χ2n) is 8.28. The number of nitrogens with one attached hydrogen (secondary N) is 2. The lowest BCUT2D eigenvalue weighted by molar-refractivity contribution is -0.118. The van der Waals surface area contributed by atoms with Gasteiger partial charge in [0.15, 0.2) is 0 Å². The Hall–Kier alpha value is -2.83. The van der Waals surface area contributed by atoms with Crippen molar-refractivity contribution in [1.29, 1.82) is 0 Å². The van der Waals surface area contributed by atoms with Crippen LogP contribution in [-0.2, 0) is 16.6 Å². The van der Waals surface area contributed by atoms with E-state index in [2.05, 4.69) is 15.6 Å². The lowest BCUT2D eigenvalue weighted by atomic mass is 10.0. The molecule has 28 heavy (non-hydrogen) atoms. The van der Waals surface area contributed by atoms with Crippen LogP contribution in [0.3, 0.4) is 0 Å². The summed E-state index contributed by atoms with van der Waals surface area (Å²) in [6.07, 6.45) is 3.44. The van der Waals surface area contributed by atoms with Crippen molar-refractivity contribution in [2.24, 2.45) is 13.0 Å². The van der Waals surface area contributed by atoms with Crippen molar-refractivity contribution in [3.05, 3.63) is 36.8 Å². The Morgan fingerprint density at radius 1 is 1.18 bits per heavy atom. The number of imidazole rings is 1. The molecule has 0 unspecified atom stereocenters. The van der Waals surface area contributed by atoms with Gasteiger partial charge in [0.25, 0.3) is 0 Å². The number of hydrogen-bond donors (Lipinski definition) is 2. The molecule has 1 heterocycles. The Balaban J connectivity index is 2.05. The first-order valence-electron chi connectivity index (χ1n) is 9.42. The van der Waals surface area contributed by atoms with E-state index in [4.69, 9.17) is 4.74 Å². The monoisotopic (exact) mass is 386 g/mol. The number of amides is 2. The topological polar surface area (TPSA) is 85.2 Å². The quantitative estimate of drug-likeness (QED) is 0.787. The highest BCUT2D eigenvalue weighted by atomic mass is 16.6. The van der Waals surface area contributed by atoms with Crippen molar-refractivity contribution in [3.63, 3.8) is 0 Å². The Kier molecular flexibility index (Phi) is 6.83. The molecule has 2 N–H and O–H groups in total. The van der Waals surface area contributed by atoms with Crippen molar-refractivity contribution >= 4 is 17.7 Å². The van der Waals surface area contributed by atoms with Gasteiger partial charge in [0, 0.05) is 12.7 Å². The molecule has 1 aromatic heterocycles. The number of aryl methyl sites for hydroxylation is 1. The molecule has 0 bridgehead atoms. The highest BCUT2D eigenvalue weighted by Gasteiger charge is 2.25. The van der Waals surface area contributed by atoms with Gasteiger partial charge in [0.2, 0.25) is 5.91 Å². The van der Waals surface area contributed by atoms with E-state index >= 15 is 0 Å². The molecular weight excluding hydrogens is 356 g/mol.